The van der Waals surface area contributed by atoms with Gasteiger partial charge in [0.05, 0.1) is 30.1 Å². The van der Waals surface area contributed by atoms with Gasteiger partial charge < -0.3 is 9.84 Å². The van der Waals surface area contributed by atoms with Crippen molar-refractivity contribution in [2.24, 2.45) is 5.92 Å². The number of aromatic hydroxyl groups is 1. The molecule has 2 aliphatic heterocycles. The number of ether oxygens (including phenoxy) is 1. The van der Waals surface area contributed by atoms with Gasteiger partial charge >= 0.3 is 5.97 Å². The molecule has 33 heavy (non-hydrogen) atoms. The number of benzene rings is 3. The monoisotopic (exact) mass is 444 g/mol. The van der Waals surface area contributed by atoms with E-state index >= 15 is 0 Å². The number of anilines is 2. The van der Waals surface area contributed by atoms with Crippen LogP contribution in [0.3, 0.4) is 0 Å². The quantitative estimate of drug-likeness (QED) is 0.488. The van der Waals surface area contributed by atoms with Gasteiger partial charge in [0, 0.05) is 0 Å². The largest absolute Gasteiger partial charge is 0.508 e. The second-order valence-electron chi connectivity index (χ2n) is 7.80. The zero-order valence-electron chi connectivity index (χ0n) is 17.6. The highest BCUT2D eigenvalue weighted by molar-refractivity contribution is 6.24. The Morgan fingerprint density at radius 2 is 1.55 bits per heavy atom. The van der Waals surface area contributed by atoms with E-state index in [-0.39, 0.29) is 5.75 Å². The standard InChI is InChI=1S/C25H20N2O6/c1-32-25(31)16-7-11-17(12-8-16)26-23(29)20-21(15-9-13-19(28)14-10-15)27(33-22(20)24(26)30)18-5-3-2-4-6-18/h2-14,20-22,28H,1H3/t20-,21-,22-/m1/s1. The summed E-state index contributed by atoms with van der Waals surface area (Å²) >= 11 is 0. The molecule has 5 rings (SSSR count). The van der Waals surface area contributed by atoms with Gasteiger partial charge in [0.1, 0.15) is 11.7 Å². The number of methoxy groups -OCH3 is 1. The summed E-state index contributed by atoms with van der Waals surface area (Å²) in [4.78, 5) is 45.7. The molecule has 0 unspecified atom stereocenters. The van der Waals surface area contributed by atoms with Gasteiger partial charge in [0.15, 0.2) is 6.10 Å². The van der Waals surface area contributed by atoms with E-state index in [4.69, 9.17) is 9.57 Å². The Bertz CT molecular complexity index is 1210. The van der Waals surface area contributed by atoms with E-state index in [0.717, 1.165) is 10.5 Å². The smallest absolute Gasteiger partial charge is 0.337 e. The fourth-order valence-corrected chi connectivity index (χ4v) is 4.34. The van der Waals surface area contributed by atoms with Crippen molar-refractivity contribution >= 4 is 29.2 Å². The van der Waals surface area contributed by atoms with Crippen LogP contribution >= 0.6 is 0 Å². The van der Waals surface area contributed by atoms with Gasteiger partial charge in [-0.25, -0.2) is 14.8 Å². The average Bonchev–Trinajstić information content (AvgIpc) is 3.36. The molecule has 3 aromatic carbocycles. The molecule has 1 N–H and O–H groups in total. The fourth-order valence-electron chi connectivity index (χ4n) is 4.34. The number of carbonyl (C=O) groups is 3. The molecule has 2 heterocycles. The van der Waals surface area contributed by atoms with Crippen LogP contribution in [0.2, 0.25) is 0 Å². The van der Waals surface area contributed by atoms with Crippen LogP contribution in [0.1, 0.15) is 22.0 Å². The average molecular weight is 444 g/mol. The third-order valence-corrected chi connectivity index (χ3v) is 5.91. The number of phenolic OH excluding ortho intramolecular Hbond substituents is 1. The molecule has 0 aromatic heterocycles. The molecule has 0 spiro atoms. The van der Waals surface area contributed by atoms with E-state index in [2.05, 4.69) is 0 Å². The van der Waals surface area contributed by atoms with Crippen molar-refractivity contribution in [3.63, 3.8) is 0 Å². The first-order chi connectivity index (χ1) is 16.0. The molecule has 2 aliphatic rings. The highest BCUT2D eigenvalue weighted by Crippen LogP contribution is 2.47. The van der Waals surface area contributed by atoms with E-state index in [0.29, 0.717) is 16.9 Å². The maximum absolute atomic E-state index is 13.6. The van der Waals surface area contributed by atoms with Crippen molar-refractivity contribution in [1.82, 2.24) is 0 Å². The van der Waals surface area contributed by atoms with Crippen LogP contribution in [-0.2, 0) is 19.2 Å². The Morgan fingerprint density at radius 1 is 0.879 bits per heavy atom. The van der Waals surface area contributed by atoms with Crippen LogP contribution in [0.25, 0.3) is 0 Å². The van der Waals surface area contributed by atoms with Crippen molar-refractivity contribution in [2.45, 2.75) is 12.1 Å². The minimum atomic E-state index is -1.00. The third kappa shape index (κ3) is 3.41. The number of hydroxylamine groups is 1. The van der Waals surface area contributed by atoms with Crippen LogP contribution in [-0.4, -0.2) is 36.1 Å². The van der Waals surface area contributed by atoms with E-state index in [1.165, 1.54) is 43.5 Å². The Labute approximate surface area is 189 Å². The number of rotatable bonds is 4. The van der Waals surface area contributed by atoms with Crippen LogP contribution in [0, 0.1) is 5.92 Å². The maximum Gasteiger partial charge on any atom is 0.337 e. The number of hydrogen-bond acceptors (Lipinski definition) is 7. The van der Waals surface area contributed by atoms with Gasteiger partial charge in [-0.15, -0.1) is 0 Å². The first-order valence-electron chi connectivity index (χ1n) is 10.4. The number of nitrogens with zero attached hydrogens (tertiary/aromatic N) is 2. The lowest BCUT2D eigenvalue weighted by atomic mass is 9.90. The number of carbonyl (C=O) groups excluding carboxylic acids is 3. The number of para-hydroxylation sites is 1. The molecule has 8 heteroatoms. The Kier molecular flexibility index (Phi) is 5.07. The summed E-state index contributed by atoms with van der Waals surface area (Å²) in [7, 11) is 1.28. The summed E-state index contributed by atoms with van der Waals surface area (Å²) < 4.78 is 4.70. The fraction of sp³-hybridized carbons (Fsp3) is 0.160. The van der Waals surface area contributed by atoms with Gasteiger partial charge in [-0.2, -0.15) is 0 Å². The van der Waals surface area contributed by atoms with Gasteiger partial charge in [-0.05, 0) is 54.1 Å². The van der Waals surface area contributed by atoms with Crippen LogP contribution < -0.4 is 9.96 Å². The number of imide groups is 1. The lowest BCUT2D eigenvalue weighted by Crippen LogP contribution is -2.37. The first-order valence-corrected chi connectivity index (χ1v) is 10.4. The minimum absolute atomic E-state index is 0.0987. The zero-order chi connectivity index (χ0) is 23.1. The van der Waals surface area contributed by atoms with Crippen LogP contribution in [0.15, 0.2) is 78.9 Å². The van der Waals surface area contributed by atoms with Crippen molar-refractivity contribution in [2.75, 3.05) is 17.1 Å². The number of fused-ring (bicyclic) bond motifs is 1. The molecule has 2 amide bonds. The van der Waals surface area contributed by atoms with Gasteiger partial charge in [0.2, 0.25) is 5.91 Å². The number of phenols is 1. The second-order valence-corrected chi connectivity index (χ2v) is 7.80. The van der Waals surface area contributed by atoms with Crippen molar-refractivity contribution in [3.05, 3.63) is 90.0 Å². The minimum Gasteiger partial charge on any atom is -0.508 e. The normalized spacial score (nSPS) is 21.9. The predicted octanol–water partition coefficient (Wildman–Crippen LogP) is 3.23. The van der Waals surface area contributed by atoms with Crippen LogP contribution in [0.5, 0.6) is 5.75 Å². The van der Waals surface area contributed by atoms with E-state index in [1.807, 2.05) is 30.3 Å². The maximum atomic E-state index is 13.6. The summed E-state index contributed by atoms with van der Waals surface area (Å²) in [6.07, 6.45) is -1.00. The van der Waals surface area contributed by atoms with Crippen molar-refractivity contribution in [3.8, 4) is 5.75 Å². The molecule has 8 nitrogen and oxygen atoms in total. The molecule has 0 bridgehead atoms. The molecule has 0 radical (unpaired) electrons. The highest BCUT2D eigenvalue weighted by Gasteiger charge is 2.60. The SMILES string of the molecule is COC(=O)c1ccc(N2C(=O)[C@@H]3[C@@H](c4ccc(O)cc4)N(c4ccccc4)O[C@H]3C2=O)cc1. The lowest BCUT2D eigenvalue weighted by molar-refractivity contribution is -0.126. The number of hydrogen-bond donors (Lipinski definition) is 1. The molecular weight excluding hydrogens is 424 g/mol. The Morgan fingerprint density at radius 3 is 2.18 bits per heavy atom. The molecule has 166 valence electrons. The summed E-state index contributed by atoms with van der Waals surface area (Å²) in [6, 6.07) is 21.3. The van der Waals surface area contributed by atoms with Crippen molar-refractivity contribution < 1.29 is 29.1 Å². The molecule has 2 saturated heterocycles. The summed E-state index contributed by atoms with van der Waals surface area (Å²) in [5, 5.41) is 11.3. The van der Waals surface area contributed by atoms with Gasteiger partial charge in [-0.1, -0.05) is 30.3 Å². The van der Waals surface area contributed by atoms with E-state index < -0.39 is 35.8 Å². The molecule has 0 saturated carbocycles. The Balaban J connectivity index is 1.53. The molecule has 3 atom stereocenters. The molecular formula is C25H20N2O6. The molecule has 3 aromatic rings. The summed E-state index contributed by atoms with van der Waals surface area (Å²) in [5.41, 5.74) is 2.10. The van der Waals surface area contributed by atoms with Gasteiger partial charge in [-0.3, -0.25) is 14.4 Å². The van der Waals surface area contributed by atoms with E-state index in [1.54, 1.807) is 17.2 Å². The number of esters is 1. The second kappa shape index (κ2) is 8.07. The molecule has 0 aliphatic carbocycles. The first kappa shape index (κ1) is 20.7. The topological polar surface area (TPSA) is 96.4 Å². The van der Waals surface area contributed by atoms with Crippen LogP contribution in [0.4, 0.5) is 11.4 Å². The van der Waals surface area contributed by atoms with Crippen molar-refractivity contribution in [1.29, 1.82) is 0 Å². The summed E-state index contributed by atoms with van der Waals surface area (Å²) in [5.74, 6) is -2.07. The Hall–Kier alpha value is -4.17. The summed E-state index contributed by atoms with van der Waals surface area (Å²) in [6.45, 7) is 0. The predicted molar refractivity (Wildman–Crippen MR) is 118 cm³/mol. The van der Waals surface area contributed by atoms with E-state index in [9.17, 15) is 19.5 Å². The lowest BCUT2D eigenvalue weighted by Gasteiger charge is -2.28. The third-order valence-electron chi connectivity index (χ3n) is 5.91. The highest BCUT2D eigenvalue weighted by atomic mass is 16.7. The number of amides is 2. The molecule has 2 fully saturated rings. The van der Waals surface area contributed by atoms with Gasteiger partial charge in [0.25, 0.3) is 5.91 Å². The zero-order valence-corrected chi connectivity index (χ0v) is 17.6.